The van der Waals surface area contributed by atoms with Crippen molar-refractivity contribution < 1.29 is 4.79 Å². The first kappa shape index (κ1) is 9.40. The van der Waals surface area contributed by atoms with Gasteiger partial charge in [-0.25, -0.2) is 0 Å². The molecule has 15 heavy (non-hydrogen) atoms. The Labute approximate surface area is 97.2 Å². The molecule has 2 aliphatic rings. The highest BCUT2D eigenvalue weighted by atomic mass is 79.9. The fourth-order valence-electron chi connectivity index (χ4n) is 2.79. The van der Waals surface area contributed by atoms with Crippen molar-refractivity contribution in [2.24, 2.45) is 5.92 Å². The average molecular weight is 266 g/mol. The summed E-state index contributed by atoms with van der Waals surface area (Å²) in [6.45, 7) is 0. The topological polar surface area (TPSA) is 29.1 Å². The maximum Gasteiger partial charge on any atom is 0.223 e. The lowest BCUT2D eigenvalue weighted by Gasteiger charge is -2.22. The summed E-state index contributed by atoms with van der Waals surface area (Å²) < 4.78 is 1.11. The van der Waals surface area contributed by atoms with Gasteiger partial charge in [-0.15, -0.1) is 0 Å². The lowest BCUT2D eigenvalue weighted by Crippen LogP contribution is -2.35. The summed E-state index contributed by atoms with van der Waals surface area (Å²) in [6, 6.07) is 8.83. The molecule has 1 aromatic rings. The number of amides is 1. The van der Waals surface area contributed by atoms with E-state index in [1.165, 1.54) is 5.56 Å². The van der Waals surface area contributed by atoms with Crippen molar-refractivity contribution in [3.63, 3.8) is 0 Å². The zero-order chi connectivity index (χ0) is 10.4. The van der Waals surface area contributed by atoms with E-state index >= 15 is 0 Å². The molecule has 2 nitrogen and oxygen atoms in total. The van der Waals surface area contributed by atoms with E-state index in [1.54, 1.807) is 0 Å². The van der Waals surface area contributed by atoms with Crippen LogP contribution in [0.3, 0.4) is 0 Å². The summed E-state index contributed by atoms with van der Waals surface area (Å²) in [7, 11) is 0. The highest BCUT2D eigenvalue weighted by Gasteiger charge is 2.45. The van der Waals surface area contributed by atoms with Gasteiger partial charge in [0.2, 0.25) is 5.91 Å². The molecule has 1 saturated heterocycles. The molecule has 1 heterocycles. The molecule has 1 amide bonds. The fourth-order valence-corrected chi connectivity index (χ4v) is 3.05. The van der Waals surface area contributed by atoms with Crippen molar-refractivity contribution in [1.29, 1.82) is 0 Å². The third kappa shape index (κ3) is 1.49. The number of piperidine rings is 1. The Morgan fingerprint density at radius 1 is 1.20 bits per heavy atom. The van der Waals surface area contributed by atoms with Gasteiger partial charge in [0.1, 0.15) is 0 Å². The quantitative estimate of drug-likeness (QED) is 0.831. The minimum atomic E-state index is 0.258. The number of rotatable bonds is 1. The van der Waals surface area contributed by atoms with Crippen molar-refractivity contribution in [2.75, 3.05) is 0 Å². The molecular weight excluding hydrogens is 254 g/mol. The van der Waals surface area contributed by atoms with Crippen LogP contribution in [-0.4, -0.2) is 11.9 Å². The van der Waals surface area contributed by atoms with Crippen LogP contribution in [0.2, 0.25) is 0 Å². The van der Waals surface area contributed by atoms with E-state index in [2.05, 4.69) is 45.5 Å². The van der Waals surface area contributed by atoms with Crippen molar-refractivity contribution in [2.45, 2.75) is 24.8 Å². The largest absolute Gasteiger partial charge is 0.352 e. The first-order chi connectivity index (χ1) is 7.24. The van der Waals surface area contributed by atoms with Crippen LogP contribution in [0.5, 0.6) is 0 Å². The second-order valence-corrected chi connectivity index (χ2v) is 5.36. The zero-order valence-electron chi connectivity index (χ0n) is 8.24. The van der Waals surface area contributed by atoms with E-state index in [4.69, 9.17) is 0 Å². The Morgan fingerprint density at radius 3 is 2.47 bits per heavy atom. The Kier molecular flexibility index (Phi) is 2.09. The highest BCUT2D eigenvalue weighted by Crippen LogP contribution is 2.42. The van der Waals surface area contributed by atoms with Crippen LogP contribution in [0, 0.1) is 5.92 Å². The minimum Gasteiger partial charge on any atom is -0.352 e. The maximum absolute atomic E-state index is 11.3. The summed E-state index contributed by atoms with van der Waals surface area (Å²) in [5, 5.41) is 3.07. The van der Waals surface area contributed by atoms with E-state index < -0.39 is 0 Å². The third-order valence-electron chi connectivity index (χ3n) is 3.56. The summed E-state index contributed by atoms with van der Waals surface area (Å²) in [4.78, 5) is 11.3. The Bertz CT molecular complexity index is 401. The number of benzene rings is 1. The van der Waals surface area contributed by atoms with Gasteiger partial charge < -0.3 is 5.32 Å². The van der Waals surface area contributed by atoms with Gasteiger partial charge in [0.05, 0.1) is 0 Å². The Balaban J connectivity index is 1.85. The Morgan fingerprint density at radius 2 is 1.93 bits per heavy atom. The molecule has 78 valence electrons. The fraction of sp³-hybridized carbons (Fsp3) is 0.417. The summed E-state index contributed by atoms with van der Waals surface area (Å²) in [5.74, 6) is 1.05. The van der Waals surface area contributed by atoms with Crippen molar-refractivity contribution in [3.05, 3.63) is 34.3 Å². The van der Waals surface area contributed by atoms with E-state index in [0.29, 0.717) is 12.0 Å². The molecule has 1 unspecified atom stereocenters. The molecule has 1 N–H and O–H groups in total. The van der Waals surface area contributed by atoms with Crippen LogP contribution >= 0.6 is 15.9 Å². The maximum atomic E-state index is 11.3. The second kappa shape index (κ2) is 3.34. The van der Waals surface area contributed by atoms with E-state index in [1.807, 2.05) is 0 Å². The summed E-state index contributed by atoms with van der Waals surface area (Å²) in [5.41, 5.74) is 1.35. The van der Waals surface area contributed by atoms with Crippen LogP contribution in [-0.2, 0) is 4.79 Å². The molecule has 1 aromatic carbocycles. The number of carbonyl (C=O) groups excluding carboxylic acids is 1. The summed E-state index contributed by atoms with van der Waals surface area (Å²) in [6.07, 6.45) is 2.05. The first-order valence-corrected chi connectivity index (χ1v) is 6.09. The zero-order valence-corrected chi connectivity index (χ0v) is 9.83. The molecule has 2 fully saturated rings. The molecule has 1 saturated carbocycles. The van der Waals surface area contributed by atoms with Gasteiger partial charge in [-0.1, -0.05) is 28.1 Å². The van der Waals surface area contributed by atoms with E-state index in [9.17, 15) is 4.79 Å². The number of halogens is 1. The van der Waals surface area contributed by atoms with Crippen LogP contribution in [0.15, 0.2) is 28.7 Å². The molecule has 3 atom stereocenters. The van der Waals surface area contributed by atoms with Crippen LogP contribution in [0.1, 0.15) is 24.3 Å². The van der Waals surface area contributed by atoms with Gasteiger partial charge in [0.15, 0.2) is 0 Å². The van der Waals surface area contributed by atoms with Gasteiger partial charge in [-0.05, 0) is 30.5 Å². The second-order valence-electron chi connectivity index (χ2n) is 4.44. The molecule has 0 radical (unpaired) electrons. The normalized spacial score (nSPS) is 33.1. The van der Waals surface area contributed by atoms with Gasteiger partial charge in [0, 0.05) is 22.4 Å². The van der Waals surface area contributed by atoms with Crippen molar-refractivity contribution >= 4 is 21.8 Å². The number of carbonyl (C=O) groups is 1. The molecular formula is C12H12BrNO. The molecule has 0 spiro atoms. The van der Waals surface area contributed by atoms with E-state index in [0.717, 1.165) is 17.3 Å². The lowest BCUT2D eigenvalue weighted by molar-refractivity contribution is -0.123. The smallest absolute Gasteiger partial charge is 0.223 e. The molecule has 3 heteroatoms. The molecule has 0 aromatic heterocycles. The lowest BCUT2D eigenvalue weighted by atomic mass is 9.91. The van der Waals surface area contributed by atoms with Crippen LogP contribution in [0.25, 0.3) is 0 Å². The summed E-state index contributed by atoms with van der Waals surface area (Å²) >= 11 is 3.43. The average Bonchev–Trinajstić information content (AvgIpc) is 2.77. The number of fused-ring (bicyclic) bond motifs is 2. The van der Waals surface area contributed by atoms with Gasteiger partial charge in [-0.2, -0.15) is 0 Å². The monoisotopic (exact) mass is 265 g/mol. The predicted molar refractivity (Wildman–Crippen MR) is 61.5 cm³/mol. The molecule has 1 aliphatic carbocycles. The number of hydrogen-bond acceptors (Lipinski definition) is 1. The van der Waals surface area contributed by atoms with E-state index in [-0.39, 0.29) is 11.8 Å². The van der Waals surface area contributed by atoms with Crippen LogP contribution in [0.4, 0.5) is 0 Å². The molecule has 2 bridgehead atoms. The number of nitrogens with one attached hydrogen (secondary N) is 1. The van der Waals surface area contributed by atoms with Crippen molar-refractivity contribution in [3.8, 4) is 0 Å². The number of hydrogen-bond donors (Lipinski definition) is 1. The highest BCUT2D eigenvalue weighted by molar-refractivity contribution is 9.10. The van der Waals surface area contributed by atoms with Crippen LogP contribution < -0.4 is 5.32 Å². The molecule has 3 rings (SSSR count). The third-order valence-corrected chi connectivity index (χ3v) is 4.09. The van der Waals surface area contributed by atoms with Gasteiger partial charge >= 0.3 is 0 Å². The minimum absolute atomic E-state index is 0.258. The van der Waals surface area contributed by atoms with Gasteiger partial charge in [0.25, 0.3) is 0 Å². The predicted octanol–water partition coefficient (Wildman–Crippen LogP) is 2.44. The Hall–Kier alpha value is -0.830. The molecule has 1 aliphatic heterocycles. The SMILES string of the molecule is O=C1NC2C[C@H]1C[C@H]2c1ccc(Br)cc1. The first-order valence-electron chi connectivity index (χ1n) is 5.30. The standard InChI is InChI=1S/C12H12BrNO/c13-9-3-1-7(2-4-9)10-5-8-6-11(10)14-12(8)15/h1-4,8,10-11H,5-6H2,(H,14,15)/t8-,10+,11?/m1/s1. The van der Waals surface area contributed by atoms with Gasteiger partial charge in [-0.3, -0.25) is 4.79 Å². The van der Waals surface area contributed by atoms with Crippen molar-refractivity contribution in [1.82, 2.24) is 5.32 Å².